The van der Waals surface area contributed by atoms with Crippen molar-refractivity contribution in [2.24, 2.45) is 5.73 Å². The largest absolute Gasteiger partial charge is 0.468 e. The summed E-state index contributed by atoms with van der Waals surface area (Å²) in [6, 6.07) is 6.48. The van der Waals surface area contributed by atoms with Gasteiger partial charge in [0.25, 0.3) is 0 Å². The van der Waals surface area contributed by atoms with Gasteiger partial charge in [0.1, 0.15) is 11.3 Å². The van der Waals surface area contributed by atoms with Gasteiger partial charge in [-0.05, 0) is 28.1 Å². The van der Waals surface area contributed by atoms with Crippen LogP contribution in [0.2, 0.25) is 0 Å². The third-order valence-corrected chi connectivity index (χ3v) is 2.90. The van der Waals surface area contributed by atoms with E-state index in [0.29, 0.717) is 11.3 Å². The molecule has 0 aliphatic carbocycles. The Labute approximate surface area is 100 Å². The predicted molar refractivity (Wildman–Crippen MR) is 62.9 cm³/mol. The van der Waals surface area contributed by atoms with Crippen molar-refractivity contribution in [1.82, 2.24) is 0 Å². The van der Waals surface area contributed by atoms with Crippen LogP contribution in [0, 0.1) is 0 Å². The van der Waals surface area contributed by atoms with E-state index >= 15 is 0 Å². The summed E-state index contributed by atoms with van der Waals surface area (Å²) >= 11 is 3.36. The number of methoxy groups -OCH3 is 1. The van der Waals surface area contributed by atoms with E-state index in [-0.39, 0.29) is 0 Å². The zero-order chi connectivity index (χ0) is 11.7. The molecule has 1 atom stereocenters. The summed E-state index contributed by atoms with van der Waals surface area (Å²) in [5.41, 5.74) is 6.36. The number of benzene rings is 1. The first-order chi connectivity index (χ1) is 7.63. The van der Waals surface area contributed by atoms with Crippen molar-refractivity contribution in [2.45, 2.75) is 6.04 Å². The van der Waals surface area contributed by atoms with E-state index in [1.807, 2.05) is 18.2 Å². The molecule has 2 N–H and O–H groups in total. The molecule has 0 spiro atoms. The molecule has 1 aromatic carbocycles. The molecule has 0 radical (unpaired) electrons. The van der Waals surface area contributed by atoms with Gasteiger partial charge in [-0.1, -0.05) is 12.1 Å². The van der Waals surface area contributed by atoms with Crippen LogP contribution in [0.15, 0.2) is 33.2 Å². The van der Waals surface area contributed by atoms with Gasteiger partial charge in [0.15, 0.2) is 6.04 Å². The summed E-state index contributed by atoms with van der Waals surface area (Å²) in [5.74, 6) is -0.121. The lowest BCUT2D eigenvalue weighted by atomic mass is 10.2. The van der Waals surface area contributed by atoms with Crippen molar-refractivity contribution in [3.05, 3.63) is 34.5 Å². The Morgan fingerprint density at radius 3 is 2.94 bits per heavy atom. The van der Waals surface area contributed by atoms with Gasteiger partial charge in [0.2, 0.25) is 0 Å². The Bertz CT molecular complexity index is 535. The maximum Gasteiger partial charge on any atom is 0.330 e. The Morgan fingerprint density at radius 2 is 2.31 bits per heavy atom. The molecule has 84 valence electrons. The second-order valence-corrected chi connectivity index (χ2v) is 4.16. The van der Waals surface area contributed by atoms with Crippen LogP contribution < -0.4 is 5.73 Å². The highest BCUT2D eigenvalue weighted by atomic mass is 79.9. The second-order valence-electron chi connectivity index (χ2n) is 3.31. The van der Waals surface area contributed by atoms with E-state index < -0.39 is 12.0 Å². The summed E-state index contributed by atoms with van der Waals surface area (Å²) in [5, 5.41) is 0.892. The highest BCUT2D eigenvalue weighted by Crippen LogP contribution is 2.29. The number of esters is 1. The number of hydrogen-bond donors (Lipinski definition) is 1. The molecule has 1 heterocycles. The van der Waals surface area contributed by atoms with E-state index in [2.05, 4.69) is 20.7 Å². The first-order valence-corrected chi connectivity index (χ1v) is 5.44. The van der Waals surface area contributed by atoms with Crippen LogP contribution in [-0.4, -0.2) is 13.1 Å². The third-order valence-electron chi connectivity index (χ3n) is 2.28. The van der Waals surface area contributed by atoms with Crippen LogP contribution in [-0.2, 0) is 9.53 Å². The fraction of sp³-hybridized carbons (Fsp3) is 0.182. The molecule has 0 aliphatic rings. The molecule has 0 saturated carbocycles. The molecule has 0 aliphatic heterocycles. The molecule has 16 heavy (non-hydrogen) atoms. The predicted octanol–water partition coefficient (Wildman–Crippen LogP) is 2.37. The topological polar surface area (TPSA) is 65.5 Å². The Morgan fingerprint density at radius 1 is 1.56 bits per heavy atom. The van der Waals surface area contributed by atoms with Crippen molar-refractivity contribution in [2.75, 3.05) is 7.11 Å². The van der Waals surface area contributed by atoms with Crippen LogP contribution in [0.4, 0.5) is 0 Å². The summed E-state index contributed by atoms with van der Waals surface area (Å²) in [6.45, 7) is 0. The summed E-state index contributed by atoms with van der Waals surface area (Å²) in [6.07, 6.45) is 0. The SMILES string of the molecule is COC(=O)C(N)c1cc2cccc(Br)c2o1. The molecule has 0 saturated heterocycles. The fourth-order valence-corrected chi connectivity index (χ4v) is 1.91. The fourth-order valence-electron chi connectivity index (χ4n) is 1.44. The molecule has 1 aromatic heterocycles. The number of ether oxygens (including phenoxy) is 1. The number of halogens is 1. The van der Waals surface area contributed by atoms with Crippen molar-refractivity contribution < 1.29 is 13.9 Å². The van der Waals surface area contributed by atoms with Crippen LogP contribution in [0.5, 0.6) is 0 Å². The minimum absolute atomic E-state index is 0.397. The number of furan rings is 1. The summed E-state index contributed by atoms with van der Waals surface area (Å²) in [7, 11) is 1.29. The Kier molecular flexibility index (Phi) is 2.98. The number of para-hydroxylation sites is 1. The van der Waals surface area contributed by atoms with Crippen LogP contribution >= 0.6 is 15.9 Å². The van der Waals surface area contributed by atoms with Gasteiger partial charge in [0, 0.05) is 5.39 Å². The zero-order valence-corrected chi connectivity index (χ0v) is 10.2. The second kappa shape index (κ2) is 4.27. The van der Waals surface area contributed by atoms with Crippen LogP contribution in [0.25, 0.3) is 11.0 Å². The third kappa shape index (κ3) is 1.83. The monoisotopic (exact) mass is 283 g/mol. The molecular weight excluding hydrogens is 274 g/mol. The average Bonchev–Trinajstić information content (AvgIpc) is 2.72. The van der Waals surface area contributed by atoms with Crippen molar-refractivity contribution in [1.29, 1.82) is 0 Å². The minimum Gasteiger partial charge on any atom is -0.468 e. The molecule has 0 fully saturated rings. The highest BCUT2D eigenvalue weighted by molar-refractivity contribution is 9.10. The van der Waals surface area contributed by atoms with E-state index in [4.69, 9.17) is 10.2 Å². The summed E-state index contributed by atoms with van der Waals surface area (Å²) < 4.78 is 10.9. The van der Waals surface area contributed by atoms with E-state index in [1.54, 1.807) is 6.07 Å². The lowest BCUT2D eigenvalue weighted by molar-refractivity contribution is -0.142. The lowest BCUT2D eigenvalue weighted by Gasteiger charge is -2.04. The molecule has 0 bridgehead atoms. The highest BCUT2D eigenvalue weighted by Gasteiger charge is 2.21. The number of carbonyl (C=O) groups excluding carboxylic acids is 1. The van der Waals surface area contributed by atoms with Gasteiger partial charge < -0.3 is 14.9 Å². The molecule has 0 amide bonds. The molecule has 1 unspecified atom stereocenters. The molecule has 5 heteroatoms. The van der Waals surface area contributed by atoms with E-state index in [0.717, 1.165) is 9.86 Å². The standard InChI is InChI=1S/C11H10BrNO3/c1-15-11(14)9(13)8-5-6-3-2-4-7(12)10(6)16-8/h2-5,9H,13H2,1H3. The van der Waals surface area contributed by atoms with Crippen molar-refractivity contribution in [3.8, 4) is 0 Å². The van der Waals surface area contributed by atoms with E-state index in [1.165, 1.54) is 7.11 Å². The zero-order valence-electron chi connectivity index (χ0n) is 8.57. The Hall–Kier alpha value is -1.33. The number of hydrogen-bond acceptors (Lipinski definition) is 4. The van der Waals surface area contributed by atoms with Gasteiger partial charge in [0.05, 0.1) is 11.6 Å². The minimum atomic E-state index is -0.885. The first kappa shape index (κ1) is 11.2. The van der Waals surface area contributed by atoms with E-state index in [9.17, 15) is 4.79 Å². The first-order valence-electron chi connectivity index (χ1n) is 4.65. The summed E-state index contributed by atoms with van der Waals surface area (Å²) in [4.78, 5) is 11.3. The molecule has 4 nitrogen and oxygen atoms in total. The van der Waals surface area contributed by atoms with Gasteiger partial charge in [-0.2, -0.15) is 0 Å². The molecular formula is C11H10BrNO3. The van der Waals surface area contributed by atoms with Gasteiger partial charge in [-0.25, -0.2) is 4.79 Å². The van der Waals surface area contributed by atoms with Gasteiger partial charge in [-0.15, -0.1) is 0 Å². The van der Waals surface area contributed by atoms with Crippen LogP contribution in [0.3, 0.4) is 0 Å². The van der Waals surface area contributed by atoms with Crippen molar-refractivity contribution >= 4 is 32.9 Å². The number of rotatable bonds is 2. The average molecular weight is 284 g/mol. The number of carbonyl (C=O) groups is 1. The maximum atomic E-state index is 11.3. The smallest absolute Gasteiger partial charge is 0.330 e. The van der Waals surface area contributed by atoms with Gasteiger partial charge >= 0.3 is 5.97 Å². The Balaban J connectivity index is 2.47. The van der Waals surface area contributed by atoms with Gasteiger partial charge in [-0.3, -0.25) is 0 Å². The number of fused-ring (bicyclic) bond motifs is 1. The van der Waals surface area contributed by atoms with Crippen LogP contribution in [0.1, 0.15) is 11.8 Å². The molecule has 2 aromatic rings. The lowest BCUT2D eigenvalue weighted by Crippen LogP contribution is -2.21. The maximum absolute atomic E-state index is 11.3. The molecule has 2 rings (SSSR count). The van der Waals surface area contributed by atoms with Crippen molar-refractivity contribution in [3.63, 3.8) is 0 Å². The number of nitrogens with two attached hydrogens (primary N) is 1. The normalized spacial score (nSPS) is 12.7. The quantitative estimate of drug-likeness (QED) is 0.860.